The zero-order chi connectivity index (χ0) is 24.5. The second kappa shape index (κ2) is 8.81. The summed E-state index contributed by atoms with van der Waals surface area (Å²) < 4.78 is 45.6. The predicted octanol–water partition coefficient (Wildman–Crippen LogP) is 3.41. The van der Waals surface area contributed by atoms with E-state index in [1.807, 2.05) is 0 Å². The van der Waals surface area contributed by atoms with Crippen molar-refractivity contribution in [3.05, 3.63) is 70.7 Å². The Labute approximate surface area is 191 Å². The van der Waals surface area contributed by atoms with Crippen LogP contribution in [0.25, 0.3) is 27.8 Å². The molecule has 0 spiro atoms. The summed E-state index contributed by atoms with van der Waals surface area (Å²) >= 11 is 0. The van der Waals surface area contributed by atoms with E-state index in [4.69, 9.17) is 15.6 Å². The van der Waals surface area contributed by atoms with Crippen LogP contribution in [-0.2, 0) is 0 Å². The molecule has 0 aliphatic heterocycles. The normalized spacial score (nSPS) is 11.4. The number of ether oxygens (including phenoxy) is 1. The number of benzene rings is 1. The van der Waals surface area contributed by atoms with Gasteiger partial charge in [-0.15, -0.1) is 0 Å². The number of nitrogens with one attached hydrogen (secondary N) is 3. The Morgan fingerprint density at radius 1 is 1.21 bits per heavy atom. The van der Waals surface area contributed by atoms with Gasteiger partial charge in [0.05, 0.1) is 19.1 Å². The molecule has 0 unspecified atom stereocenters. The maximum absolute atomic E-state index is 13.6. The number of methoxy groups -OCH3 is 1. The average molecular weight is 471 g/mol. The Morgan fingerprint density at radius 3 is 2.59 bits per heavy atom. The van der Waals surface area contributed by atoms with Gasteiger partial charge in [-0.2, -0.15) is 18.2 Å². The molecule has 12 heteroatoms. The number of fused-ring (bicyclic) bond motifs is 1. The van der Waals surface area contributed by atoms with Gasteiger partial charge in [0.25, 0.3) is 5.56 Å². The molecule has 0 aliphatic carbocycles. The molecule has 9 nitrogen and oxygen atoms in total. The minimum absolute atomic E-state index is 0. The summed E-state index contributed by atoms with van der Waals surface area (Å²) in [7, 11) is 1.50. The first-order valence-corrected chi connectivity index (χ1v) is 9.86. The molecule has 4 rings (SSSR count). The Morgan fingerprint density at radius 2 is 1.94 bits per heavy atom. The topological polar surface area (TPSA) is 122 Å². The molecule has 0 radical (unpaired) electrons. The van der Waals surface area contributed by atoms with Gasteiger partial charge >= 0.3 is 6.18 Å². The van der Waals surface area contributed by atoms with Gasteiger partial charge in [0, 0.05) is 30.3 Å². The average Bonchev–Trinajstić information content (AvgIpc) is 2.82. The van der Waals surface area contributed by atoms with E-state index in [1.54, 1.807) is 30.3 Å². The molecule has 4 aromatic rings. The molecule has 3 aromatic heterocycles. The van der Waals surface area contributed by atoms with E-state index in [-0.39, 0.29) is 24.1 Å². The van der Waals surface area contributed by atoms with Gasteiger partial charge in [-0.1, -0.05) is 0 Å². The number of nitrogens with zero attached hydrogens (tertiary/aromatic N) is 4. The van der Waals surface area contributed by atoms with Crippen molar-refractivity contribution < 1.29 is 19.3 Å². The Hall–Kier alpha value is -4.48. The lowest BCUT2D eigenvalue weighted by Gasteiger charge is -2.15. The number of hydrogen-bond donors (Lipinski definition) is 3. The van der Waals surface area contributed by atoms with Crippen LogP contribution in [0.1, 0.15) is 1.43 Å². The maximum atomic E-state index is 13.6. The number of rotatable bonds is 6. The fraction of sp³-hybridized carbons (Fsp3) is 0.136. The monoisotopic (exact) mass is 471 g/mol. The number of alkyl halides is 3. The molecule has 3 N–H and O–H groups in total. The molecule has 0 fully saturated rings. The van der Waals surface area contributed by atoms with Crippen LogP contribution < -0.4 is 21.1 Å². The fourth-order valence-corrected chi connectivity index (χ4v) is 3.32. The van der Waals surface area contributed by atoms with Crippen LogP contribution in [0.5, 0.6) is 5.75 Å². The molecule has 176 valence electrons. The van der Waals surface area contributed by atoms with Crippen LogP contribution in [0.3, 0.4) is 0 Å². The van der Waals surface area contributed by atoms with Gasteiger partial charge < -0.3 is 10.1 Å². The standard InChI is InChI=1S/C22H18F3N7O2.H2/c1-34-16-5-3-15(4-6-16)32-19-14(9-28-21(30-19)29-11-22(23,24)25)8-17(20(32)33)13-2-7-18(27)31(10-13)12-26;/h2-10,12,26-27H,11H2,1H3,(H,28,29,30);1H. The van der Waals surface area contributed by atoms with Crippen molar-refractivity contribution in [2.45, 2.75) is 6.18 Å². The molecule has 34 heavy (non-hydrogen) atoms. The van der Waals surface area contributed by atoms with Crippen LogP contribution in [-0.4, -0.2) is 45.3 Å². The first-order valence-electron chi connectivity index (χ1n) is 9.86. The van der Waals surface area contributed by atoms with Crippen molar-refractivity contribution in [1.82, 2.24) is 19.1 Å². The largest absolute Gasteiger partial charge is 0.497 e. The third kappa shape index (κ3) is 4.51. The van der Waals surface area contributed by atoms with Crippen molar-refractivity contribution in [3.63, 3.8) is 0 Å². The van der Waals surface area contributed by atoms with Gasteiger partial charge in [0.1, 0.15) is 17.8 Å². The number of halogens is 3. The van der Waals surface area contributed by atoms with Gasteiger partial charge in [0.2, 0.25) is 5.95 Å². The maximum Gasteiger partial charge on any atom is 0.405 e. The highest BCUT2D eigenvalue weighted by Crippen LogP contribution is 2.24. The highest BCUT2D eigenvalue weighted by atomic mass is 19.4. The summed E-state index contributed by atoms with van der Waals surface area (Å²) in [5.74, 6) is 0.275. The van der Waals surface area contributed by atoms with Crippen molar-refractivity contribution in [2.75, 3.05) is 19.0 Å². The Bertz CT molecular complexity index is 1500. The third-order valence-electron chi connectivity index (χ3n) is 4.95. The minimum atomic E-state index is -4.47. The fourth-order valence-electron chi connectivity index (χ4n) is 3.32. The molecule has 1 aromatic carbocycles. The van der Waals surface area contributed by atoms with Gasteiger partial charge in [0.15, 0.2) is 5.65 Å². The van der Waals surface area contributed by atoms with Crippen LogP contribution in [0, 0.1) is 10.8 Å². The number of aromatic nitrogens is 4. The second-order valence-electron chi connectivity index (χ2n) is 7.18. The quantitative estimate of drug-likeness (QED) is 0.294. The summed E-state index contributed by atoms with van der Waals surface area (Å²) in [5.41, 5.74) is 0.753. The van der Waals surface area contributed by atoms with E-state index < -0.39 is 18.3 Å². The lowest BCUT2D eigenvalue weighted by molar-refractivity contribution is -0.115. The van der Waals surface area contributed by atoms with Gasteiger partial charge in [-0.3, -0.25) is 24.7 Å². The van der Waals surface area contributed by atoms with Crippen LogP contribution in [0.4, 0.5) is 19.1 Å². The number of pyridine rings is 2. The second-order valence-corrected chi connectivity index (χ2v) is 7.18. The zero-order valence-corrected chi connectivity index (χ0v) is 17.7. The summed E-state index contributed by atoms with van der Waals surface area (Å²) in [6.45, 7) is -1.33. The van der Waals surface area contributed by atoms with Crippen molar-refractivity contribution in [1.29, 1.82) is 10.8 Å². The third-order valence-corrected chi connectivity index (χ3v) is 4.95. The molecular weight excluding hydrogens is 451 g/mol. The van der Waals surface area contributed by atoms with E-state index in [0.717, 1.165) is 6.34 Å². The SMILES string of the molecule is COc1ccc(-n2c(=O)c(-c3ccc(=N)n(C=N)c3)cc3cnc(NCC(F)(F)F)nc32)cc1.[HH]. The zero-order valence-electron chi connectivity index (χ0n) is 17.7. The van der Waals surface area contributed by atoms with E-state index in [1.165, 1.54) is 40.8 Å². The molecule has 0 aliphatic rings. The number of hydrogen-bond acceptors (Lipinski definition) is 7. The molecular formula is C22H20F3N7O2. The minimum Gasteiger partial charge on any atom is -0.497 e. The Balaban J connectivity index is 0.00000342. The lowest BCUT2D eigenvalue weighted by Crippen LogP contribution is -2.24. The highest BCUT2D eigenvalue weighted by Gasteiger charge is 2.27. The Kier molecular flexibility index (Phi) is 5.88. The van der Waals surface area contributed by atoms with Crippen LogP contribution in [0.15, 0.2) is 59.7 Å². The highest BCUT2D eigenvalue weighted by molar-refractivity contribution is 5.83. The molecule has 3 heterocycles. The summed E-state index contributed by atoms with van der Waals surface area (Å²) in [6.07, 6.45) is -0.730. The van der Waals surface area contributed by atoms with E-state index in [0.29, 0.717) is 22.4 Å². The number of anilines is 1. The summed E-state index contributed by atoms with van der Waals surface area (Å²) in [4.78, 5) is 21.7. The first kappa shape index (κ1) is 22.7. The lowest BCUT2D eigenvalue weighted by atomic mass is 10.1. The summed E-state index contributed by atoms with van der Waals surface area (Å²) in [6, 6.07) is 11.1. The van der Waals surface area contributed by atoms with Crippen molar-refractivity contribution in [3.8, 4) is 22.6 Å². The molecule has 0 atom stereocenters. The van der Waals surface area contributed by atoms with Crippen LogP contribution >= 0.6 is 0 Å². The molecule has 0 amide bonds. The molecule has 0 saturated carbocycles. The van der Waals surface area contributed by atoms with Crippen molar-refractivity contribution >= 4 is 23.3 Å². The molecule has 0 saturated heterocycles. The predicted molar refractivity (Wildman–Crippen MR) is 122 cm³/mol. The van der Waals surface area contributed by atoms with E-state index in [2.05, 4.69) is 15.3 Å². The van der Waals surface area contributed by atoms with E-state index in [9.17, 15) is 18.0 Å². The van der Waals surface area contributed by atoms with Crippen molar-refractivity contribution in [2.24, 2.45) is 0 Å². The van der Waals surface area contributed by atoms with Gasteiger partial charge in [-0.25, -0.2) is 4.98 Å². The van der Waals surface area contributed by atoms with Crippen LogP contribution in [0.2, 0.25) is 0 Å². The summed E-state index contributed by atoms with van der Waals surface area (Å²) in [5, 5.41) is 17.8. The van der Waals surface area contributed by atoms with E-state index >= 15 is 0 Å². The van der Waals surface area contributed by atoms with Gasteiger partial charge in [-0.05, 0) is 42.5 Å². The smallest absolute Gasteiger partial charge is 0.405 e. The first-order chi connectivity index (χ1) is 16.2. The molecule has 0 bridgehead atoms.